The molecule has 0 bridgehead atoms. The fourth-order valence-electron chi connectivity index (χ4n) is 14.4. The zero-order chi connectivity index (χ0) is 73.7. The fraction of sp³-hybridized carbons (Fsp3) is 0.875. The Balaban J connectivity index is 1.55. The zero-order valence-corrected chi connectivity index (χ0v) is 65.9. The molecule has 0 aromatic carbocycles. The van der Waals surface area contributed by atoms with Gasteiger partial charge in [0.2, 0.25) is 5.91 Å². The van der Waals surface area contributed by atoms with E-state index in [4.69, 9.17) is 18.9 Å². The number of ether oxygens (including phenoxy) is 4. The third-order valence-corrected chi connectivity index (χ3v) is 21.2. The van der Waals surface area contributed by atoms with E-state index in [0.29, 0.717) is 12.8 Å². The molecule has 2 fully saturated rings. The van der Waals surface area contributed by atoms with Crippen molar-refractivity contribution in [2.75, 3.05) is 19.8 Å². The molecular weight excluding hydrogens is 1280 g/mol. The van der Waals surface area contributed by atoms with Gasteiger partial charge in [0.15, 0.2) is 12.6 Å². The molecule has 14 nitrogen and oxygen atoms in total. The van der Waals surface area contributed by atoms with E-state index >= 15 is 0 Å². The number of carbonyl (C=O) groups is 1. The van der Waals surface area contributed by atoms with Gasteiger partial charge in [-0.15, -0.1) is 0 Å². The molecule has 102 heavy (non-hydrogen) atoms. The number of allylic oxidation sites excluding steroid dienone is 10. The Labute approximate surface area is 626 Å². The van der Waals surface area contributed by atoms with E-state index in [1.807, 2.05) is 0 Å². The number of unbranched alkanes of at least 4 members (excludes halogenated alkanes) is 51. The lowest BCUT2D eigenvalue weighted by Crippen LogP contribution is -2.65. The molecule has 1 amide bonds. The zero-order valence-electron chi connectivity index (χ0n) is 65.9. The lowest BCUT2D eigenvalue weighted by molar-refractivity contribution is -0.359. The summed E-state index contributed by atoms with van der Waals surface area (Å²) in [5, 5.41) is 88.0. The van der Waals surface area contributed by atoms with E-state index in [-0.39, 0.29) is 12.5 Å². The first-order valence-corrected chi connectivity index (χ1v) is 43.5. The summed E-state index contributed by atoms with van der Waals surface area (Å²) >= 11 is 0. The fourth-order valence-corrected chi connectivity index (χ4v) is 14.4. The molecule has 14 heteroatoms. The number of aliphatic hydroxyl groups excluding tert-OH is 8. The summed E-state index contributed by atoms with van der Waals surface area (Å²) in [4.78, 5) is 13.4. The van der Waals surface area contributed by atoms with Crippen LogP contribution in [0, 0.1) is 0 Å². The summed E-state index contributed by atoms with van der Waals surface area (Å²) in [5.41, 5.74) is 0. The Kier molecular flexibility index (Phi) is 67.2. The highest BCUT2D eigenvalue weighted by atomic mass is 16.7. The van der Waals surface area contributed by atoms with Crippen LogP contribution in [0.25, 0.3) is 0 Å². The van der Waals surface area contributed by atoms with E-state index in [1.54, 1.807) is 0 Å². The monoisotopic (exact) mass is 1440 g/mol. The molecule has 12 atom stereocenters. The third-order valence-electron chi connectivity index (χ3n) is 21.2. The highest BCUT2D eigenvalue weighted by Gasteiger charge is 2.51. The topological polar surface area (TPSA) is 228 Å². The standard InChI is InChI=1S/C88H163NO13/c1-3-5-7-9-11-13-15-17-19-21-23-25-27-29-31-32-33-34-35-36-37-38-39-40-41-42-43-44-46-48-50-52-54-56-58-60-62-64-66-68-70-72-80(93)89-76(75-99-87-85(98)83(96)86(79(74-91)101-87)102-88-84(97)82(95)81(94)78(73-90)100-88)77(92)71-69-67-65-63-61-59-57-55-53-51-49-47-45-30-28-26-24-22-20-18-16-14-12-10-8-6-4-2/h5,7,11,13,17,19,23,25,29,31,76-79,81-88,90-92,94-98H,3-4,6,8-10,12,14-16,18,20-22,24,26-28,30,32-75H2,1-2H3,(H,89,93)/b7-5-,13-11-,19-17-,25-23-,31-29-. The van der Waals surface area contributed by atoms with Crippen LogP contribution in [0.15, 0.2) is 60.8 Å². The molecule has 0 radical (unpaired) electrons. The molecule has 0 aromatic heterocycles. The Hall–Kier alpha value is -2.31. The summed E-state index contributed by atoms with van der Waals surface area (Å²) in [6, 6.07) is -0.830. The molecule has 0 aliphatic carbocycles. The number of hydrogen-bond donors (Lipinski definition) is 9. The predicted octanol–water partition coefficient (Wildman–Crippen LogP) is 20.7. The first-order valence-electron chi connectivity index (χ1n) is 43.5. The van der Waals surface area contributed by atoms with Crippen LogP contribution < -0.4 is 5.32 Å². The normalized spacial score (nSPS) is 21.9. The summed E-state index contributed by atoms with van der Waals surface area (Å²) < 4.78 is 23.0. The van der Waals surface area contributed by atoms with Crippen molar-refractivity contribution in [3.63, 3.8) is 0 Å². The van der Waals surface area contributed by atoms with Crippen LogP contribution in [0.2, 0.25) is 0 Å². The molecule has 0 spiro atoms. The van der Waals surface area contributed by atoms with Crippen molar-refractivity contribution >= 4 is 5.91 Å². The lowest BCUT2D eigenvalue weighted by Gasteiger charge is -2.46. The SMILES string of the molecule is CC/C=C\C/C=C\C/C=C\C/C=C\C/C=C\CCCCCCCCCCCCCCCCCCCCCCCCCCCC(=O)NC(COC1OC(CO)C(OC2OC(CO)C(O)C(O)C2O)C(O)C1O)C(O)CCCCCCCCCCCCCCCCCCCCCCCCCCCCC. The van der Waals surface area contributed by atoms with E-state index in [9.17, 15) is 45.6 Å². The number of rotatable bonds is 74. The number of carbonyl (C=O) groups excluding carboxylic acids is 1. The molecule has 9 N–H and O–H groups in total. The molecule has 0 aromatic rings. The number of hydrogen-bond acceptors (Lipinski definition) is 13. The number of aliphatic hydroxyl groups is 8. The maximum absolute atomic E-state index is 13.4. The van der Waals surface area contributed by atoms with Gasteiger partial charge in [-0.1, -0.05) is 396 Å². The van der Waals surface area contributed by atoms with Crippen molar-refractivity contribution in [1.29, 1.82) is 0 Å². The number of amides is 1. The highest BCUT2D eigenvalue weighted by molar-refractivity contribution is 5.76. The lowest BCUT2D eigenvalue weighted by atomic mass is 9.97. The van der Waals surface area contributed by atoms with Crippen LogP contribution in [0.4, 0.5) is 0 Å². The summed E-state index contributed by atoms with van der Waals surface area (Å²) in [7, 11) is 0. The summed E-state index contributed by atoms with van der Waals surface area (Å²) in [6.45, 7) is 2.82. The molecule has 12 unspecified atom stereocenters. The van der Waals surface area contributed by atoms with Crippen molar-refractivity contribution in [2.24, 2.45) is 0 Å². The van der Waals surface area contributed by atoms with Gasteiger partial charge in [-0.2, -0.15) is 0 Å². The van der Waals surface area contributed by atoms with Crippen molar-refractivity contribution < 1.29 is 64.6 Å². The second kappa shape index (κ2) is 71.6. The maximum atomic E-state index is 13.4. The van der Waals surface area contributed by atoms with Crippen molar-refractivity contribution in [3.8, 4) is 0 Å². The van der Waals surface area contributed by atoms with E-state index in [0.717, 1.165) is 83.5 Å². The minimum Gasteiger partial charge on any atom is -0.394 e. The second-order valence-corrected chi connectivity index (χ2v) is 30.6. The molecule has 2 heterocycles. The van der Waals surface area contributed by atoms with Gasteiger partial charge in [-0.3, -0.25) is 4.79 Å². The van der Waals surface area contributed by atoms with Crippen molar-refractivity contribution in [3.05, 3.63) is 60.8 Å². The molecule has 2 aliphatic rings. The molecule has 2 aliphatic heterocycles. The molecule has 2 rings (SSSR count). The van der Waals surface area contributed by atoms with Gasteiger partial charge in [-0.05, 0) is 57.8 Å². The first-order chi connectivity index (χ1) is 50.1. The smallest absolute Gasteiger partial charge is 0.220 e. The Morgan fingerprint density at radius 3 is 1.04 bits per heavy atom. The minimum absolute atomic E-state index is 0.198. The summed E-state index contributed by atoms with van der Waals surface area (Å²) in [5.74, 6) is -0.198. The van der Waals surface area contributed by atoms with Crippen molar-refractivity contribution in [2.45, 2.75) is 473 Å². The number of nitrogens with one attached hydrogen (secondary N) is 1. The molecular formula is C88H163NO13. The Morgan fingerprint density at radius 2 is 0.676 bits per heavy atom. The third kappa shape index (κ3) is 53.5. The van der Waals surface area contributed by atoms with Crippen LogP contribution in [-0.4, -0.2) is 140 Å². The van der Waals surface area contributed by atoms with Gasteiger partial charge >= 0.3 is 0 Å². The van der Waals surface area contributed by atoms with E-state index in [2.05, 4.69) is 79.9 Å². The van der Waals surface area contributed by atoms with Crippen LogP contribution in [0.1, 0.15) is 399 Å². The van der Waals surface area contributed by atoms with Gasteiger partial charge in [-0.25, -0.2) is 0 Å². The predicted molar refractivity (Wildman–Crippen MR) is 424 cm³/mol. The van der Waals surface area contributed by atoms with Crippen LogP contribution in [0.5, 0.6) is 0 Å². The van der Waals surface area contributed by atoms with Gasteiger partial charge in [0.25, 0.3) is 0 Å². The average Bonchev–Trinajstić information content (AvgIpc) is 0.790. The maximum Gasteiger partial charge on any atom is 0.220 e. The van der Waals surface area contributed by atoms with Gasteiger partial charge in [0, 0.05) is 6.42 Å². The van der Waals surface area contributed by atoms with Crippen LogP contribution in [-0.2, 0) is 23.7 Å². The quantitative estimate of drug-likeness (QED) is 0.0204. The van der Waals surface area contributed by atoms with Gasteiger partial charge in [0.1, 0.15) is 48.8 Å². The van der Waals surface area contributed by atoms with Crippen LogP contribution >= 0.6 is 0 Å². The molecule has 598 valence electrons. The van der Waals surface area contributed by atoms with Gasteiger partial charge in [0.05, 0.1) is 32.0 Å². The van der Waals surface area contributed by atoms with Crippen LogP contribution in [0.3, 0.4) is 0 Å². The van der Waals surface area contributed by atoms with E-state index in [1.165, 1.54) is 289 Å². The first kappa shape index (κ1) is 95.8. The highest BCUT2D eigenvalue weighted by Crippen LogP contribution is 2.31. The molecule has 0 saturated carbocycles. The minimum atomic E-state index is -1.78. The largest absolute Gasteiger partial charge is 0.394 e. The van der Waals surface area contributed by atoms with E-state index < -0.39 is 86.8 Å². The van der Waals surface area contributed by atoms with Crippen molar-refractivity contribution in [1.82, 2.24) is 5.32 Å². The average molecular weight is 1440 g/mol. The molecule has 2 saturated heterocycles. The van der Waals surface area contributed by atoms with Gasteiger partial charge < -0.3 is 65.1 Å². The summed E-state index contributed by atoms with van der Waals surface area (Å²) in [6.07, 6.45) is 81.4. The second-order valence-electron chi connectivity index (χ2n) is 30.6. The Bertz CT molecular complexity index is 1950. The Morgan fingerprint density at radius 1 is 0.363 bits per heavy atom.